The second-order valence-corrected chi connectivity index (χ2v) is 16.0. The average molecular weight is 693 g/mol. The molecule has 1 aromatic heterocycles. The summed E-state index contributed by atoms with van der Waals surface area (Å²) in [5, 5.41) is 64.0. The van der Waals surface area contributed by atoms with Gasteiger partial charge in [-0.2, -0.15) is 0 Å². The van der Waals surface area contributed by atoms with Crippen LogP contribution >= 0.6 is 11.3 Å². The van der Waals surface area contributed by atoms with Crippen LogP contribution in [0, 0.1) is 35.5 Å². The molecule has 1 aromatic carbocycles. The second kappa shape index (κ2) is 11.4. The normalized spacial score (nSPS) is 37.5. The molecular formula is C36H44N4O8S. The molecule has 0 spiro atoms. The number of phenols is 1. The smallest absolute Gasteiger partial charge is 0.255 e. The first kappa shape index (κ1) is 33.7. The van der Waals surface area contributed by atoms with Crippen molar-refractivity contribution in [2.24, 2.45) is 41.2 Å². The van der Waals surface area contributed by atoms with E-state index in [-0.39, 0.29) is 24.4 Å². The highest BCUT2D eigenvalue weighted by atomic mass is 32.1. The van der Waals surface area contributed by atoms with Gasteiger partial charge in [0.15, 0.2) is 16.5 Å². The van der Waals surface area contributed by atoms with Crippen LogP contribution in [-0.4, -0.2) is 84.7 Å². The molecular weight excluding hydrogens is 648 g/mol. The number of anilines is 2. The largest absolute Gasteiger partial charge is 0.508 e. The predicted octanol–water partition coefficient (Wildman–Crippen LogP) is 3.87. The van der Waals surface area contributed by atoms with Crippen LogP contribution in [0.4, 0.5) is 10.8 Å². The molecule has 1 heterocycles. The molecule has 0 saturated heterocycles. The number of fused-ring (bicyclic) bond motifs is 3. The van der Waals surface area contributed by atoms with Crippen LogP contribution in [0.2, 0.25) is 0 Å². The maximum Gasteiger partial charge on any atom is 0.255 e. The third-order valence-corrected chi connectivity index (χ3v) is 13.2. The lowest BCUT2D eigenvalue weighted by Crippen LogP contribution is -2.70. The number of carbonyl (C=O) groups excluding carboxylic acids is 3. The predicted molar refractivity (Wildman–Crippen MR) is 182 cm³/mol. The van der Waals surface area contributed by atoms with Crippen molar-refractivity contribution in [3.8, 4) is 5.75 Å². The van der Waals surface area contributed by atoms with Gasteiger partial charge in [0, 0.05) is 22.8 Å². The summed E-state index contributed by atoms with van der Waals surface area (Å²) in [6.45, 7) is 1.71. The molecule has 7 aliphatic carbocycles. The Bertz CT molecular complexity index is 1820. The molecule has 1 amide bonds. The van der Waals surface area contributed by atoms with E-state index in [0.717, 1.165) is 17.5 Å². The first-order chi connectivity index (χ1) is 22.7. The number of ketones is 2. The molecule has 262 valence electrons. The first-order valence-corrected chi connectivity index (χ1v) is 17.5. The number of aliphatic hydroxyl groups excluding tert-OH is 3. The Balaban J connectivity index is 0.00000378. The molecule has 49 heavy (non-hydrogen) atoms. The number of amides is 1. The van der Waals surface area contributed by atoms with E-state index >= 15 is 0 Å². The zero-order valence-corrected chi connectivity index (χ0v) is 27.7. The van der Waals surface area contributed by atoms with E-state index in [1.807, 2.05) is 0 Å². The number of aromatic nitrogens is 1. The number of aromatic hydroxyl groups is 1. The van der Waals surface area contributed by atoms with Crippen molar-refractivity contribution in [3.63, 3.8) is 0 Å². The number of hydrogen-bond acceptors (Lipinski definition) is 12. The van der Waals surface area contributed by atoms with Crippen LogP contribution < -0.4 is 11.1 Å². The summed E-state index contributed by atoms with van der Waals surface area (Å²) in [5.74, 6) is -5.70. The Morgan fingerprint density at radius 3 is 2.27 bits per heavy atom. The molecule has 12 nitrogen and oxygen atoms in total. The van der Waals surface area contributed by atoms with Crippen LogP contribution in [0.25, 0.3) is 5.76 Å². The van der Waals surface area contributed by atoms with Gasteiger partial charge in [-0.3, -0.25) is 19.3 Å². The quantitative estimate of drug-likeness (QED) is 0.177. The van der Waals surface area contributed by atoms with Gasteiger partial charge in [0.05, 0.1) is 35.0 Å². The molecule has 8 N–H and O–H groups in total. The number of likely N-dealkylation sites (N-methyl/N-ethyl adjacent to an activating group) is 1. The lowest BCUT2D eigenvalue weighted by molar-refractivity contribution is -0.169. The number of phenolic OH excluding ortho intramolecular Hbond substituents is 1. The number of benzene rings is 1. The topological polar surface area (TPSA) is 207 Å². The van der Waals surface area contributed by atoms with Crippen molar-refractivity contribution in [2.75, 3.05) is 19.4 Å². The molecule has 2 aromatic rings. The van der Waals surface area contributed by atoms with Gasteiger partial charge in [-0.15, -0.1) is 11.3 Å². The van der Waals surface area contributed by atoms with Gasteiger partial charge in [-0.05, 0) is 87.4 Å². The summed E-state index contributed by atoms with van der Waals surface area (Å²) >= 11 is 1.44. The van der Waals surface area contributed by atoms with Crippen molar-refractivity contribution in [1.29, 1.82) is 0 Å². The van der Waals surface area contributed by atoms with Gasteiger partial charge in [-0.25, -0.2) is 4.98 Å². The molecule has 4 bridgehead atoms. The highest BCUT2D eigenvalue weighted by Crippen LogP contribution is 2.60. The standard InChI is InChI=1S/C35H40N4O8S.CH4/c1-12-17-4-5-18(37-34-38-19(11-48-34)21-15-7-13-6-14(9-15)10-16(21)8-13)27(40)22(17)28(41)23-20(12)29(42)25-26(39(2)3)30(43)24(33(36)46)32(45)35(25,47)31(23)44;/h4-5,11-16,20-21,25-26,29,40-42,45,47H,6-10H2,1-3H3,(H2,36,46)(H,37,38);1H4/t12-,13?,14?,15?,16?,20+,21?,25+,26-,29-,35-;/m0./s1. The van der Waals surface area contributed by atoms with Crippen molar-refractivity contribution in [3.05, 3.63) is 51.2 Å². The van der Waals surface area contributed by atoms with Crippen LogP contribution in [0.15, 0.2) is 34.4 Å². The van der Waals surface area contributed by atoms with Crippen molar-refractivity contribution >= 4 is 45.4 Å². The van der Waals surface area contributed by atoms with E-state index in [2.05, 4.69) is 10.7 Å². The van der Waals surface area contributed by atoms with Crippen molar-refractivity contribution in [1.82, 2.24) is 9.88 Å². The number of nitrogens with one attached hydrogen (secondary N) is 1. The summed E-state index contributed by atoms with van der Waals surface area (Å²) in [6.07, 6.45) is 4.80. The minimum Gasteiger partial charge on any atom is -0.508 e. The monoisotopic (exact) mass is 692 g/mol. The van der Waals surface area contributed by atoms with E-state index < -0.39 is 75.6 Å². The highest BCUT2D eigenvalue weighted by Gasteiger charge is 2.68. The molecule has 13 heteroatoms. The number of hydrogen-bond donors (Lipinski definition) is 7. The molecule has 6 atom stereocenters. The van der Waals surface area contributed by atoms with Gasteiger partial charge in [0.1, 0.15) is 22.8 Å². The summed E-state index contributed by atoms with van der Waals surface area (Å²) in [5.41, 5.74) is 2.78. The number of aliphatic hydroxyl groups is 4. The number of primary amides is 1. The van der Waals surface area contributed by atoms with Crippen LogP contribution in [0.5, 0.6) is 5.75 Å². The summed E-state index contributed by atoms with van der Waals surface area (Å²) in [6, 6.07) is 1.95. The molecule has 0 aliphatic heterocycles. The molecule has 5 saturated carbocycles. The minimum absolute atomic E-state index is 0. The minimum atomic E-state index is -2.95. The van der Waals surface area contributed by atoms with Crippen LogP contribution in [0.1, 0.15) is 75.1 Å². The third kappa shape index (κ3) is 4.51. The fourth-order valence-electron chi connectivity index (χ4n) is 10.7. The Morgan fingerprint density at radius 1 is 1.04 bits per heavy atom. The average Bonchev–Trinajstić information content (AvgIpc) is 3.47. The summed E-state index contributed by atoms with van der Waals surface area (Å²) < 4.78 is 0. The second-order valence-electron chi connectivity index (χ2n) is 15.1. The number of nitrogens with two attached hydrogens (primary N) is 1. The van der Waals surface area contributed by atoms with E-state index in [0.29, 0.717) is 28.4 Å². The number of rotatable bonds is 5. The molecule has 0 radical (unpaired) electrons. The third-order valence-electron chi connectivity index (χ3n) is 12.5. The fourth-order valence-corrected chi connectivity index (χ4v) is 11.5. The molecule has 0 unspecified atom stereocenters. The van der Waals surface area contributed by atoms with Crippen molar-refractivity contribution < 1.29 is 39.9 Å². The van der Waals surface area contributed by atoms with E-state index in [1.165, 1.54) is 62.4 Å². The highest BCUT2D eigenvalue weighted by molar-refractivity contribution is 7.13. The van der Waals surface area contributed by atoms with Gasteiger partial charge in [0.25, 0.3) is 5.91 Å². The summed E-state index contributed by atoms with van der Waals surface area (Å²) in [7, 11) is 2.95. The number of thiazole rings is 1. The lowest BCUT2D eigenvalue weighted by Gasteiger charge is -2.54. The lowest BCUT2D eigenvalue weighted by atomic mass is 9.51. The van der Waals surface area contributed by atoms with Gasteiger partial charge in [0.2, 0.25) is 5.78 Å². The van der Waals surface area contributed by atoms with Gasteiger partial charge < -0.3 is 36.6 Å². The van der Waals surface area contributed by atoms with E-state index in [9.17, 15) is 39.9 Å². The number of nitrogens with zero attached hydrogens (tertiary/aromatic N) is 2. The summed E-state index contributed by atoms with van der Waals surface area (Å²) in [4.78, 5) is 46.2. The van der Waals surface area contributed by atoms with E-state index in [4.69, 9.17) is 10.7 Å². The van der Waals surface area contributed by atoms with Gasteiger partial charge in [-0.1, -0.05) is 20.4 Å². The van der Waals surface area contributed by atoms with Crippen LogP contribution in [-0.2, 0) is 14.4 Å². The molecule has 5 fully saturated rings. The Morgan fingerprint density at radius 2 is 1.67 bits per heavy atom. The Labute approximate surface area is 288 Å². The maximum atomic E-state index is 14.3. The molecule has 9 rings (SSSR count). The Kier molecular flexibility index (Phi) is 7.82. The fraction of sp³-hybridized carbons (Fsp3) is 0.556. The SMILES string of the molecule is C.C[C@H]1c2ccc(Nc3nc(C4C5CC6CC(C5)CC4C6)cs3)c(O)c2C(O)=C2C(=O)[C@]3(O)C(O)=C(C(N)=O)C(=O)[C@@H](N(C)C)[C@@H]3[C@@H](O)[C@@H]21. The number of Topliss-reactive ketones (excluding diaryl/α,β-unsaturated/α-hetero) is 2. The zero-order chi connectivity index (χ0) is 34.1. The van der Waals surface area contributed by atoms with Crippen LogP contribution in [0.3, 0.4) is 0 Å². The van der Waals surface area contributed by atoms with Gasteiger partial charge >= 0.3 is 0 Å². The zero-order valence-electron chi connectivity index (χ0n) is 26.9. The van der Waals surface area contributed by atoms with Crippen molar-refractivity contribution in [2.45, 2.75) is 76.0 Å². The Hall–Kier alpha value is -3.78. The maximum absolute atomic E-state index is 14.3. The first-order valence-electron chi connectivity index (χ1n) is 16.6. The molecule has 7 aliphatic rings. The van der Waals surface area contributed by atoms with E-state index in [1.54, 1.807) is 19.1 Å². The number of carbonyl (C=O) groups is 3.